The van der Waals surface area contributed by atoms with E-state index in [0.717, 1.165) is 19.3 Å². The molecule has 2 rings (SSSR count). The Labute approximate surface area is 179 Å². The van der Waals surface area contributed by atoms with E-state index < -0.39 is 26.3 Å². The van der Waals surface area contributed by atoms with Crippen LogP contribution in [-0.2, 0) is 18.7 Å². The second-order valence-electron chi connectivity index (χ2n) is 9.14. The van der Waals surface area contributed by atoms with E-state index in [0.29, 0.717) is 12.2 Å². The van der Waals surface area contributed by atoms with Gasteiger partial charge in [0.25, 0.3) is 0 Å². The van der Waals surface area contributed by atoms with Crippen LogP contribution in [0.2, 0.25) is 18.1 Å². The van der Waals surface area contributed by atoms with Crippen LogP contribution in [0.15, 0.2) is 28.9 Å². The van der Waals surface area contributed by atoms with Crippen molar-refractivity contribution in [3.05, 3.63) is 34.6 Å². The van der Waals surface area contributed by atoms with E-state index in [1.54, 1.807) is 18.3 Å². The normalized spacial score (nSPS) is 19.3. The highest BCUT2D eigenvalue weighted by Crippen LogP contribution is 2.40. The van der Waals surface area contributed by atoms with Gasteiger partial charge in [0.15, 0.2) is 8.32 Å². The Morgan fingerprint density at radius 1 is 1.33 bits per heavy atom. The van der Waals surface area contributed by atoms with E-state index in [1.807, 2.05) is 0 Å². The number of anilines is 1. The lowest BCUT2D eigenvalue weighted by atomic mass is 10.2. The Morgan fingerprint density at radius 2 is 2.03 bits per heavy atom. The van der Waals surface area contributed by atoms with Crippen molar-refractivity contribution >= 4 is 20.1 Å². The Hall–Kier alpha value is -2.13. The second-order valence-corrected chi connectivity index (χ2v) is 13.9. The minimum absolute atomic E-state index is 0.00989. The maximum atomic E-state index is 12.4. The first-order valence-electron chi connectivity index (χ1n) is 10.5. The maximum Gasteiger partial charge on any atom is 0.352 e. The van der Waals surface area contributed by atoms with Crippen LogP contribution < -0.4 is 11.4 Å². The highest BCUT2D eigenvalue weighted by atomic mass is 28.4. The molecule has 30 heavy (non-hydrogen) atoms. The van der Waals surface area contributed by atoms with Gasteiger partial charge in [-0.05, 0) is 36.7 Å². The maximum absolute atomic E-state index is 12.4. The van der Waals surface area contributed by atoms with Gasteiger partial charge >= 0.3 is 11.7 Å². The number of hydrogen-bond acceptors (Lipinski definition) is 7. The standard InChI is InChI=1S/C21H35N3O5Si/c1-7-8-9-10-18(25)27-14-15-13-16(29-30(5,6)21(2,3)4)19(28-15)24-12-11-17(22)23-20(24)26/h11-13,16,19H,7-10,14H2,1-6H3,(H2,22,23,26)/t16?,19-/m1/s1. The lowest BCUT2D eigenvalue weighted by molar-refractivity contribution is -0.144. The number of ether oxygens (including phenoxy) is 2. The van der Waals surface area contributed by atoms with Crippen LogP contribution in [-0.4, -0.2) is 36.5 Å². The minimum Gasteiger partial charge on any atom is -0.468 e. The number of nitrogens with zero attached hydrogens (tertiary/aromatic N) is 2. The monoisotopic (exact) mass is 437 g/mol. The first-order chi connectivity index (χ1) is 13.9. The molecule has 0 saturated heterocycles. The fourth-order valence-electron chi connectivity index (χ4n) is 2.80. The molecule has 1 aliphatic rings. The summed E-state index contributed by atoms with van der Waals surface area (Å²) in [4.78, 5) is 28.1. The van der Waals surface area contributed by atoms with Crippen LogP contribution in [0.1, 0.15) is 59.6 Å². The molecule has 9 heteroatoms. The van der Waals surface area contributed by atoms with Gasteiger partial charge in [0.1, 0.15) is 24.3 Å². The van der Waals surface area contributed by atoms with Gasteiger partial charge in [0.05, 0.1) is 0 Å². The molecule has 1 aliphatic heterocycles. The lowest BCUT2D eigenvalue weighted by Crippen LogP contribution is -2.46. The van der Waals surface area contributed by atoms with E-state index in [2.05, 4.69) is 45.8 Å². The molecule has 2 heterocycles. The number of nitrogen functional groups attached to an aromatic ring is 1. The second kappa shape index (κ2) is 9.78. The molecule has 0 radical (unpaired) electrons. The smallest absolute Gasteiger partial charge is 0.352 e. The fourth-order valence-corrected chi connectivity index (χ4v) is 4.01. The Morgan fingerprint density at radius 3 is 2.63 bits per heavy atom. The fraction of sp³-hybridized carbons (Fsp3) is 0.667. The lowest BCUT2D eigenvalue weighted by Gasteiger charge is -2.39. The third-order valence-corrected chi connectivity index (χ3v) is 10.1. The summed E-state index contributed by atoms with van der Waals surface area (Å²) in [6, 6.07) is 1.54. The Kier molecular flexibility index (Phi) is 7.87. The van der Waals surface area contributed by atoms with Crippen LogP contribution >= 0.6 is 0 Å². The molecule has 1 aromatic heterocycles. The molecule has 0 aromatic carbocycles. The van der Waals surface area contributed by atoms with Crippen LogP contribution in [0.3, 0.4) is 0 Å². The van der Waals surface area contributed by atoms with Gasteiger partial charge in [0, 0.05) is 12.6 Å². The molecule has 0 aliphatic carbocycles. The zero-order valence-corrected chi connectivity index (χ0v) is 19.9. The highest BCUT2D eigenvalue weighted by molar-refractivity contribution is 6.74. The number of nitrogens with two attached hydrogens (primary N) is 1. The van der Waals surface area contributed by atoms with Gasteiger partial charge in [-0.25, -0.2) is 4.79 Å². The largest absolute Gasteiger partial charge is 0.468 e. The molecule has 8 nitrogen and oxygen atoms in total. The molecular formula is C21H35N3O5Si. The van der Waals surface area contributed by atoms with Gasteiger partial charge in [-0.3, -0.25) is 9.36 Å². The van der Waals surface area contributed by atoms with Crippen LogP contribution in [0.4, 0.5) is 5.82 Å². The summed E-state index contributed by atoms with van der Waals surface area (Å²) < 4.78 is 19.2. The van der Waals surface area contributed by atoms with Crippen LogP contribution in [0.25, 0.3) is 0 Å². The molecule has 168 valence electrons. The minimum atomic E-state index is -2.16. The van der Waals surface area contributed by atoms with Gasteiger partial charge < -0.3 is 19.6 Å². The average molecular weight is 438 g/mol. The molecule has 2 atom stereocenters. The van der Waals surface area contributed by atoms with Crippen LogP contribution in [0, 0.1) is 0 Å². The predicted octanol–water partition coefficient (Wildman–Crippen LogP) is 3.75. The van der Waals surface area contributed by atoms with Crippen molar-refractivity contribution in [1.82, 2.24) is 9.55 Å². The van der Waals surface area contributed by atoms with Crippen molar-refractivity contribution in [3.8, 4) is 0 Å². The number of rotatable bonds is 9. The molecular weight excluding hydrogens is 402 g/mol. The van der Waals surface area contributed by atoms with Gasteiger partial charge in [-0.15, -0.1) is 0 Å². The van der Waals surface area contributed by atoms with E-state index in [1.165, 1.54) is 4.57 Å². The summed E-state index contributed by atoms with van der Waals surface area (Å²) in [6.07, 6.45) is 5.35. The van der Waals surface area contributed by atoms with E-state index in [9.17, 15) is 9.59 Å². The summed E-state index contributed by atoms with van der Waals surface area (Å²) in [6.45, 7) is 12.8. The molecule has 2 N–H and O–H groups in total. The molecule has 0 amide bonds. The summed E-state index contributed by atoms with van der Waals surface area (Å²) in [7, 11) is -2.16. The van der Waals surface area contributed by atoms with E-state index >= 15 is 0 Å². The number of carbonyl (C=O) groups excluding carboxylic acids is 1. The zero-order chi connectivity index (χ0) is 22.5. The van der Waals surface area contributed by atoms with Crippen molar-refractivity contribution < 1.29 is 18.7 Å². The number of unbranched alkanes of at least 4 members (excludes halogenated alkanes) is 2. The van der Waals surface area contributed by atoms with Crippen molar-refractivity contribution in [2.24, 2.45) is 0 Å². The topological polar surface area (TPSA) is 106 Å². The van der Waals surface area contributed by atoms with Gasteiger partial charge in [-0.2, -0.15) is 4.98 Å². The van der Waals surface area contributed by atoms with Crippen molar-refractivity contribution in [3.63, 3.8) is 0 Å². The molecule has 1 unspecified atom stereocenters. The summed E-state index contributed by atoms with van der Waals surface area (Å²) in [5.74, 6) is 0.353. The molecule has 0 saturated carbocycles. The van der Waals surface area contributed by atoms with Gasteiger partial charge in [0.2, 0.25) is 6.23 Å². The van der Waals surface area contributed by atoms with Crippen molar-refractivity contribution in [1.29, 1.82) is 0 Å². The number of esters is 1. The van der Waals surface area contributed by atoms with Crippen molar-refractivity contribution in [2.45, 2.75) is 83.8 Å². The summed E-state index contributed by atoms with van der Waals surface area (Å²) in [5.41, 5.74) is 5.10. The number of aromatic nitrogens is 2. The molecule has 0 fully saturated rings. The van der Waals surface area contributed by atoms with E-state index in [4.69, 9.17) is 19.6 Å². The summed E-state index contributed by atoms with van der Waals surface area (Å²) in [5, 5.41) is -0.0236. The first-order valence-corrected chi connectivity index (χ1v) is 13.4. The average Bonchev–Trinajstić information content (AvgIpc) is 3.01. The SMILES string of the molecule is CCCCCC(=O)OCC1=CC(O[Si](C)(C)C(C)(C)C)[C@H](n2ccc(N)nc2=O)O1. The van der Waals surface area contributed by atoms with Crippen LogP contribution in [0.5, 0.6) is 0 Å². The Balaban J connectivity index is 2.18. The predicted molar refractivity (Wildman–Crippen MR) is 118 cm³/mol. The zero-order valence-electron chi connectivity index (χ0n) is 18.9. The number of carbonyl (C=O) groups is 1. The number of hydrogen-bond donors (Lipinski definition) is 1. The van der Waals surface area contributed by atoms with E-state index in [-0.39, 0.29) is 23.4 Å². The highest BCUT2D eigenvalue weighted by Gasteiger charge is 2.43. The third kappa shape index (κ3) is 6.18. The quantitative estimate of drug-likeness (QED) is 0.356. The molecule has 0 bridgehead atoms. The third-order valence-electron chi connectivity index (χ3n) is 5.63. The molecule has 1 aromatic rings. The first kappa shape index (κ1) is 24.1. The van der Waals surface area contributed by atoms with Gasteiger partial charge in [-0.1, -0.05) is 40.5 Å². The Bertz CT molecular complexity index is 829. The molecule has 0 spiro atoms. The summed E-state index contributed by atoms with van der Waals surface area (Å²) >= 11 is 0. The van der Waals surface area contributed by atoms with Crippen molar-refractivity contribution in [2.75, 3.05) is 12.3 Å².